The van der Waals surface area contributed by atoms with E-state index in [1.807, 2.05) is 0 Å². The quantitative estimate of drug-likeness (QED) is 0.858. The van der Waals surface area contributed by atoms with E-state index in [4.69, 9.17) is 5.73 Å². The third kappa shape index (κ3) is 1.77. The molecule has 0 spiro atoms. The lowest BCUT2D eigenvalue weighted by atomic mass is 10.0. The average Bonchev–Trinajstić information content (AvgIpc) is 2.93. The molecule has 76 valence electrons. The van der Waals surface area contributed by atoms with Crippen molar-refractivity contribution in [3.8, 4) is 5.75 Å². The highest BCUT2D eigenvalue weighted by Crippen LogP contribution is 2.43. The minimum atomic E-state index is -0.374. The number of halogens is 2. The number of hydrogen-bond donors (Lipinski definition) is 2. The van der Waals surface area contributed by atoms with Crippen LogP contribution < -0.4 is 5.73 Å². The van der Waals surface area contributed by atoms with E-state index in [-0.39, 0.29) is 17.6 Å². The molecule has 1 fully saturated rings. The molecule has 1 aliphatic rings. The summed E-state index contributed by atoms with van der Waals surface area (Å²) in [5.74, 6) is 0.0844. The molecule has 1 aromatic rings. The Morgan fingerprint density at radius 3 is 2.71 bits per heavy atom. The van der Waals surface area contributed by atoms with Gasteiger partial charge >= 0.3 is 0 Å². The van der Waals surface area contributed by atoms with Gasteiger partial charge in [-0.1, -0.05) is 0 Å². The van der Waals surface area contributed by atoms with Gasteiger partial charge in [-0.2, -0.15) is 0 Å². The van der Waals surface area contributed by atoms with Gasteiger partial charge in [-0.05, 0) is 46.8 Å². The van der Waals surface area contributed by atoms with Gasteiger partial charge in [0, 0.05) is 11.6 Å². The van der Waals surface area contributed by atoms with Crippen LogP contribution in [0.2, 0.25) is 0 Å². The third-order valence-electron chi connectivity index (χ3n) is 2.55. The average molecular weight is 260 g/mol. The SMILES string of the molecule is NC(c1cc(F)cc(Br)c1O)C1CC1. The summed E-state index contributed by atoms with van der Waals surface area (Å²) in [6.45, 7) is 0. The summed E-state index contributed by atoms with van der Waals surface area (Å²) in [5, 5.41) is 9.68. The minimum Gasteiger partial charge on any atom is -0.506 e. The van der Waals surface area contributed by atoms with Gasteiger partial charge < -0.3 is 10.8 Å². The molecule has 4 heteroatoms. The number of nitrogens with two attached hydrogens (primary N) is 1. The Morgan fingerprint density at radius 1 is 1.50 bits per heavy atom. The van der Waals surface area contributed by atoms with Crippen LogP contribution in [-0.2, 0) is 0 Å². The fraction of sp³-hybridized carbons (Fsp3) is 0.400. The topological polar surface area (TPSA) is 46.2 Å². The van der Waals surface area contributed by atoms with Gasteiger partial charge in [0.15, 0.2) is 0 Å². The molecule has 3 N–H and O–H groups in total. The van der Waals surface area contributed by atoms with Crippen molar-refractivity contribution in [1.29, 1.82) is 0 Å². The number of hydrogen-bond acceptors (Lipinski definition) is 2. The fourth-order valence-electron chi connectivity index (χ4n) is 1.55. The molecule has 14 heavy (non-hydrogen) atoms. The van der Waals surface area contributed by atoms with Crippen LogP contribution >= 0.6 is 15.9 Å². The van der Waals surface area contributed by atoms with E-state index in [2.05, 4.69) is 15.9 Å². The van der Waals surface area contributed by atoms with E-state index in [1.165, 1.54) is 12.1 Å². The second kappa shape index (κ2) is 3.51. The zero-order chi connectivity index (χ0) is 10.3. The number of aromatic hydroxyl groups is 1. The summed E-state index contributed by atoms with van der Waals surface area (Å²) in [5.41, 5.74) is 6.39. The minimum absolute atomic E-state index is 0.0609. The van der Waals surface area contributed by atoms with E-state index in [9.17, 15) is 9.50 Å². The lowest BCUT2D eigenvalue weighted by Gasteiger charge is -2.13. The first-order chi connectivity index (χ1) is 6.59. The van der Waals surface area contributed by atoms with E-state index in [0.717, 1.165) is 12.8 Å². The fourth-order valence-corrected chi connectivity index (χ4v) is 2.00. The van der Waals surface area contributed by atoms with Crippen molar-refractivity contribution in [2.24, 2.45) is 11.7 Å². The predicted molar refractivity (Wildman–Crippen MR) is 55.4 cm³/mol. The Kier molecular flexibility index (Phi) is 2.49. The predicted octanol–water partition coefficient (Wildman–Crippen LogP) is 2.70. The van der Waals surface area contributed by atoms with E-state index < -0.39 is 0 Å². The highest BCUT2D eigenvalue weighted by molar-refractivity contribution is 9.10. The summed E-state index contributed by atoms with van der Waals surface area (Å²) < 4.78 is 13.4. The molecule has 1 aliphatic carbocycles. The van der Waals surface area contributed by atoms with Crippen molar-refractivity contribution < 1.29 is 9.50 Å². The van der Waals surface area contributed by atoms with Gasteiger partial charge in [0.1, 0.15) is 11.6 Å². The largest absolute Gasteiger partial charge is 0.506 e. The highest BCUT2D eigenvalue weighted by Gasteiger charge is 2.31. The summed E-state index contributed by atoms with van der Waals surface area (Å²) in [6, 6.07) is 2.30. The molecule has 0 heterocycles. The van der Waals surface area contributed by atoms with Crippen LogP contribution in [-0.4, -0.2) is 5.11 Å². The zero-order valence-corrected chi connectivity index (χ0v) is 9.09. The van der Waals surface area contributed by atoms with Crippen LogP contribution in [0.4, 0.5) is 4.39 Å². The van der Waals surface area contributed by atoms with Gasteiger partial charge in [0.05, 0.1) is 4.47 Å². The van der Waals surface area contributed by atoms with Gasteiger partial charge in [-0.3, -0.25) is 0 Å². The molecule has 2 rings (SSSR count). The number of rotatable bonds is 2. The Labute approximate surface area is 90.1 Å². The van der Waals surface area contributed by atoms with E-state index in [1.54, 1.807) is 0 Å². The molecule has 1 aromatic carbocycles. The van der Waals surface area contributed by atoms with Crippen LogP contribution in [0.15, 0.2) is 16.6 Å². The molecule has 0 aromatic heterocycles. The zero-order valence-electron chi connectivity index (χ0n) is 7.50. The van der Waals surface area contributed by atoms with Crippen molar-refractivity contribution in [2.75, 3.05) is 0 Å². The van der Waals surface area contributed by atoms with Crippen molar-refractivity contribution in [3.63, 3.8) is 0 Å². The van der Waals surface area contributed by atoms with Crippen molar-refractivity contribution >= 4 is 15.9 Å². The lowest BCUT2D eigenvalue weighted by molar-refractivity contribution is 0.449. The monoisotopic (exact) mass is 259 g/mol. The van der Waals surface area contributed by atoms with E-state index >= 15 is 0 Å². The standard InChI is InChI=1S/C10H11BrFNO/c11-8-4-6(12)3-7(10(8)14)9(13)5-1-2-5/h3-5,9,14H,1-2,13H2. The molecule has 0 aliphatic heterocycles. The van der Waals surface area contributed by atoms with Crippen molar-refractivity contribution in [3.05, 3.63) is 28.0 Å². The normalized spacial score (nSPS) is 18.2. The van der Waals surface area contributed by atoms with Gasteiger partial charge in [-0.25, -0.2) is 4.39 Å². The van der Waals surface area contributed by atoms with Crippen LogP contribution in [0, 0.1) is 11.7 Å². The van der Waals surface area contributed by atoms with Crippen molar-refractivity contribution in [1.82, 2.24) is 0 Å². The maximum absolute atomic E-state index is 13.1. The number of benzene rings is 1. The van der Waals surface area contributed by atoms with Crippen LogP contribution in [0.3, 0.4) is 0 Å². The Balaban J connectivity index is 2.39. The number of phenols is 1. The summed E-state index contributed by atoms with van der Waals surface area (Å²) in [6.07, 6.45) is 2.13. The number of phenolic OH excluding ortho intramolecular Hbond substituents is 1. The van der Waals surface area contributed by atoms with E-state index in [0.29, 0.717) is 16.0 Å². The van der Waals surface area contributed by atoms with Gasteiger partial charge in [-0.15, -0.1) is 0 Å². The highest BCUT2D eigenvalue weighted by atomic mass is 79.9. The first kappa shape index (κ1) is 9.93. The summed E-state index contributed by atoms with van der Waals surface area (Å²) >= 11 is 3.09. The second-order valence-corrected chi connectivity index (χ2v) is 4.54. The molecule has 0 bridgehead atoms. The molecule has 0 amide bonds. The molecule has 1 saturated carbocycles. The lowest BCUT2D eigenvalue weighted by Crippen LogP contribution is -2.12. The Morgan fingerprint density at radius 2 is 2.14 bits per heavy atom. The molecule has 2 nitrogen and oxygen atoms in total. The third-order valence-corrected chi connectivity index (χ3v) is 3.15. The maximum Gasteiger partial charge on any atom is 0.134 e. The van der Waals surface area contributed by atoms with Gasteiger partial charge in [0.25, 0.3) is 0 Å². The van der Waals surface area contributed by atoms with Crippen LogP contribution in [0.1, 0.15) is 24.4 Å². The smallest absolute Gasteiger partial charge is 0.134 e. The Bertz CT molecular complexity index is 365. The second-order valence-electron chi connectivity index (χ2n) is 3.69. The summed E-state index contributed by atoms with van der Waals surface area (Å²) in [7, 11) is 0. The molecule has 0 saturated heterocycles. The van der Waals surface area contributed by atoms with Crippen LogP contribution in [0.25, 0.3) is 0 Å². The Hall–Kier alpha value is -0.610. The van der Waals surface area contributed by atoms with Crippen molar-refractivity contribution in [2.45, 2.75) is 18.9 Å². The molecule has 0 radical (unpaired) electrons. The molecular weight excluding hydrogens is 249 g/mol. The molecule has 1 atom stereocenters. The van der Waals surface area contributed by atoms with Gasteiger partial charge in [0.2, 0.25) is 0 Å². The maximum atomic E-state index is 13.1. The first-order valence-corrected chi connectivity index (χ1v) is 5.32. The molecule has 1 unspecified atom stereocenters. The molecular formula is C10H11BrFNO. The van der Waals surface area contributed by atoms with Crippen LogP contribution in [0.5, 0.6) is 5.75 Å². The summed E-state index contributed by atoms with van der Waals surface area (Å²) in [4.78, 5) is 0. The first-order valence-electron chi connectivity index (χ1n) is 4.53.